The average molecular weight is 348 g/mol. The molecule has 0 bridgehead atoms. The number of nitrogens with one attached hydrogen (secondary N) is 1. The van der Waals surface area contributed by atoms with Crippen molar-refractivity contribution in [3.63, 3.8) is 0 Å². The third-order valence-corrected chi connectivity index (χ3v) is 3.25. The van der Waals surface area contributed by atoms with Gasteiger partial charge in [0.15, 0.2) is 0 Å². The Morgan fingerprint density at radius 3 is 2.56 bits per heavy atom. The van der Waals surface area contributed by atoms with E-state index in [1.165, 1.54) is 6.20 Å². The van der Waals surface area contributed by atoms with Crippen LogP contribution in [0, 0.1) is 0 Å². The predicted molar refractivity (Wildman–Crippen MR) is 81.4 cm³/mol. The third-order valence-electron chi connectivity index (χ3n) is 3.25. The maximum Gasteiger partial charge on any atom is 0.433 e. The molecule has 3 rings (SSSR count). The van der Waals surface area contributed by atoms with Crippen molar-refractivity contribution in [1.29, 1.82) is 0 Å². The number of hydrogen-bond acceptors (Lipinski definition) is 5. The second-order valence-electron chi connectivity index (χ2n) is 5.04. The standard InChI is InChI=1S/C15H11F3N6O/c1-24-8-19-7-11(24)10-4-5-20-13(23-10)14(25)22-9-2-3-12(21-6-9)15(16,17)18/h2-8H,1H3,(H,22,25). The lowest BCUT2D eigenvalue weighted by Gasteiger charge is -2.08. The van der Waals surface area contributed by atoms with Gasteiger partial charge in [0.25, 0.3) is 5.91 Å². The molecule has 0 aromatic carbocycles. The molecule has 0 saturated carbocycles. The lowest BCUT2D eigenvalue weighted by atomic mass is 10.3. The van der Waals surface area contributed by atoms with Crippen LogP contribution in [0.4, 0.5) is 18.9 Å². The fraction of sp³-hybridized carbons (Fsp3) is 0.133. The van der Waals surface area contributed by atoms with Crippen LogP contribution in [0.15, 0.2) is 43.1 Å². The van der Waals surface area contributed by atoms with Crippen LogP contribution in [0.2, 0.25) is 0 Å². The van der Waals surface area contributed by atoms with E-state index in [1.807, 2.05) is 0 Å². The zero-order chi connectivity index (χ0) is 18.0. The van der Waals surface area contributed by atoms with Crippen LogP contribution in [-0.4, -0.2) is 30.4 Å². The first-order valence-corrected chi connectivity index (χ1v) is 6.99. The lowest BCUT2D eigenvalue weighted by molar-refractivity contribution is -0.141. The normalized spacial score (nSPS) is 11.4. The van der Waals surface area contributed by atoms with Crippen LogP contribution in [0.5, 0.6) is 0 Å². The van der Waals surface area contributed by atoms with Gasteiger partial charge in [-0.2, -0.15) is 13.2 Å². The van der Waals surface area contributed by atoms with E-state index in [0.717, 1.165) is 18.3 Å². The topological polar surface area (TPSA) is 85.6 Å². The van der Waals surface area contributed by atoms with E-state index in [9.17, 15) is 18.0 Å². The molecule has 10 heteroatoms. The summed E-state index contributed by atoms with van der Waals surface area (Å²) in [4.78, 5) is 27.5. The zero-order valence-electron chi connectivity index (χ0n) is 12.8. The number of hydrogen-bond donors (Lipinski definition) is 1. The smallest absolute Gasteiger partial charge is 0.332 e. The predicted octanol–water partition coefficient (Wildman–Crippen LogP) is 2.54. The SMILES string of the molecule is Cn1cncc1-c1ccnc(C(=O)Nc2ccc(C(F)(F)F)nc2)n1. The number of amides is 1. The van der Waals surface area contributed by atoms with Gasteiger partial charge in [0.05, 0.1) is 35.8 Å². The minimum atomic E-state index is -4.54. The Morgan fingerprint density at radius 1 is 1.16 bits per heavy atom. The average Bonchev–Trinajstić information content (AvgIpc) is 3.01. The molecule has 3 heterocycles. The number of nitrogens with zero attached hydrogens (tertiary/aromatic N) is 5. The van der Waals surface area contributed by atoms with Crippen LogP contribution in [-0.2, 0) is 13.2 Å². The number of carbonyl (C=O) groups is 1. The highest BCUT2D eigenvalue weighted by Gasteiger charge is 2.32. The molecule has 0 spiro atoms. The molecule has 0 unspecified atom stereocenters. The highest BCUT2D eigenvalue weighted by atomic mass is 19.4. The van der Waals surface area contributed by atoms with Gasteiger partial charge < -0.3 is 9.88 Å². The second kappa shape index (κ2) is 6.30. The van der Waals surface area contributed by atoms with Crippen LogP contribution in [0.25, 0.3) is 11.4 Å². The number of alkyl halides is 3. The highest BCUT2D eigenvalue weighted by molar-refractivity contribution is 6.01. The molecule has 128 valence electrons. The van der Waals surface area contributed by atoms with Crippen molar-refractivity contribution in [2.75, 3.05) is 5.32 Å². The number of rotatable bonds is 3. The number of aryl methyl sites for hydroxylation is 1. The van der Waals surface area contributed by atoms with Crippen LogP contribution in [0.3, 0.4) is 0 Å². The third kappa shape index (κ3) is 3.62. The molecule has 25 heavy (non-hydrogen) atoms. The Morgan fingerprint density at radius 2 is 1.96 bits per heavy atom. The van der Waals surface area contributed by atoms with Crippen LogP contribution in [0.1, 0.15) is 16.3 Å². The Balaban J connectivity index is 1.79. The van der Waals surface area contributed by atoms with Gasteiger partial charge in [-0.05, 0) is 18.2 Å². The Hall–Kier alpha value is -3.30. The summed E-state index contributed by atoms with van der Waals surface area (Å²) in [7, 11) is 1.78. The lowest BCUT2D eigenvalue weighted by Crippen LogP contribution is -2.16. The molecule has 1 N–H and O–H groups in total. The number of anilines is 1. The quantitative estimate of drug-likeness (QED) is 0.786. The molecule has 1 amide bonds. The van der Waals surface area contributed by atoms with Crippen molar-refractivity contribution in [3.05, 3.63) is 54.6 Å². The van der Waals surface area contributed by atoms with E-state index in [1.54, 1.807) is 30.2 Å². The number of aromatic nitrogens is 5. The van der Waals surface area contributed by atoms with Gasteiger partial charge in [-0.3, -0.25) is 4.79 Å². The van der Waals surface area contributed by atoms with Crippen molar-refractivity contribution in [3.8, 4) is 11.4 Å². The van der Waals surface area contributed by atoms with Crippen molar-refractivity contribution in [1.82, 2.24) is 24.5 Å². The number of halogens is 3. The second-order valence-corrected chi connectivity index (χ2v) is 5.04. The van der Waals surface area contributed by atoms with E-state index < -0.39 is 17.8 Å². The van der Waals surface area contributed by atoms with Gasteiger partial charge in [0.2, 0.25) is 5.82 Å². The molecule has 0 saturated heterocycles. The summed E-state index contributed by atoms with van der Waals surface area (Å²) in [5.41, 5.74) is 0.242. The first kappa shape index (κ1) is 16.6. The van der Waals surface area contributed by atoms with Crippen molar-refractivity contribution < 1.29 is 18.0 Å². The van der Waals surface area contributed by atoms with E-state index in [4.69, 9.17) is 0 Å². The molecule has 3 aromatic rings. The van der Waals surface area contributed by atoms with Crippen molar-refractivity contribution in [2.45, 2.75) is 6.18 Å². The first-order chi connectivity index (χ1) is 11.8. The van der Waals surface area contributed by atoms with Crippen molar-refractivity contribution in [2.24, 2.45) is 7.05 Å². The summed E-state index contributed by atoms with van der Waals surface area (Å²) < 4.78 is 39.2. The Kier molecular flexibility index (Phi) is 4.17. The van der Waals surface area contributed by atoms with Gasteiger partial charge in [-0.1, -0.05) is 0 Å². The number of pyridine rings is 1. The maximum atomic E-state index is 12.5. The van der Waals surface area contributed by atoms with Crippen LogP contribution < -0.4 is 5.32 Å². The van der Waals surface area contributed by atoms with E-state index in [-0.39, 0.29) is 11.5 Å². The monoisotopic (exact) mass is 348 g/mol. The molecule has 3 aromatic heterocycles. The van der Waals surface area contributed by atoms with Gasteiger partial charge >= 0.3 is 6.18 Å². The zero-order valence-corrected chi connectivity index (χ0v) is 12.8. The van der Waals surface area contributed by atoms with Gasteiger partial charge in [-0.25, -0.2) is 19.9 Å². The fourth-order valence-electron chi connectivity index (χ4n) is 2.04. The fourth-order valence-corrected chi connectivity index (χ4v) is 2.04. The van der Waals surface area contributed by atoms with Crippen molar-refractivity contribution >= 4 is 11.6 Å². The molecular formula is C15H11F3N6O. The summed E-state index contributed by atoms with van der Waals surface area (Å²) in [5.74, 6) is -0.788. The summed E-state index contributed by atoms with van der Waals surface area (Å²) in [6, 6.07) is 3.51. The van der Waals surface area contributed by atoms with E-state index >= 15 is 0 Å². The molecular weight excluding hydrogens is 337 g/mol. The summed E-state index contributed by atoms with van der Waals surface area (Å²) in [6.45, 7) is 0. The summed E-state index contributed by atoms with van der Waals surface area (Å²) >= 11 is 0. The maximum absolute atomic E-state index is 12.5. The molecule has 0 fully saturated rings. The summed E-state index contributed by atoms with van der Waals surface area (Å²) in [5, 5.41) is 2.41. The minimum absolute atomic E-state index is 0.104. The largest absolute Gasteiger partial charge is 0.433 e. The van der Waals surface area contributed by atoms with E-state index in [2.05, 4.69) is 25.3 Å². The molecule has 0 aliphatic carbocycles. The number of imidazole rings is 1. The van der Waals surface area contributed by atoms with Gasteiger partial charge in [-0.15, -0.1) is 0 Å². The molecule has 0 aliphatic heterocycles. The van der Waals surface area contributed by atoms with Gasteiger partial charge in [0.1, 0.15) is 5.69 Å². The summed E-state index contributed by atoms with van der Waals surface area (Å²) in [6.07, 6.45) is 0.971. The molecule has 0 atom stereocenters. The Labute approximate surface area is 139 Å². The van der Waals surface area contributed by atoms with Gasteiger partial charge in [0, 0.05) is 13.2 Å². The first-order valence-electron chi connectivity index (χ1n) is 6.99. The minimum Gasteiger partial charge on any atom is -0.332 e. The number of carbonyl (C=O) groups excluding carboxylic acids is 1. The molecule has 7 nitrogen and oxygen atoms in total. The van der Waals surface area contributed by atoms with E-state index in [0.29, 0.717) is 11.4 Å². The van der Waals surface area contributed by atoms with Crippen LogP contribution >= 0.6 is 0 Å². The molecule has 0 aliphatic rings. The molecule has 0 radical (unpaired) electrons. The highest BCUT2D eigenvalue weighted by Crippen LogP contribution is 2.27. The Bertz CT molecular complexity index is 904.